The molecule has 14 unspecified atom stereocenters. The third-order valence-corrected chi connectivity index (χ3v) is 18.0. The van der Waals surface area contributed by atoms with Crippen molar-refractivity contribution in [2.45, 2.75) is 236 Å². The van der Waals surface area contributed by atoms with Crippen LogP contribution in [0.2, 0.25) is 0 Å². The molecule has 14 atom stereocenters. The van der Waals surface area contributed by atoms with Gasteiger partial charge in [0, 0.05) is 42.8 Å². The number of primary amides is 1. The van der Waals surface area contributed by atoms with Gasteiger partial charge in [0.2, 0.25) is 82.7 Å². The molecule has 1 fully saturated rings. The fourth-order valence-corrected chi connectivity index (χ4v) is 11.3. The van der Waals surface area contributed by atoms with Gasteiger partial charge in [-0.25, -0.2) is 4.79 Å². The summed E-state index contributed by atoms with van der Waals surface area (Å²) in [7, 11) is 0. The number of ether oxygens (including phenoxy) is 1. The highest BCUT2D eigenvalue weighted by atomic mass is 16.5. The smallest absolute Gasteiger partial charge is 0.329 e. The van der Waals surface area contributed by atoms with E-state index in [2.05, 4.69) is 77.3 Å². The molecule has 2 heterocycles. The highest BCUT2D eigenvalue weighted by molar-refractivity contribution is 6.02. The van der Waals surface area contributed by atoms with Crippen molar-refractivity contribution in [2.24, 2.45) is 23.3 Å². The Morgan fingerprint density at radius 1 is 0.527 bits per heavy atom. The van der Waals surface area contributed by atoms with E-state index >= 15 is 0 Å². The van der Waals surface area contributed by atoms with Crippen molar-refractivity contribution in [3.63, 3.8) is 0 Å². The van der Waals surface area contributed by atoms with E-state index in [1.54, 1.807) is 30.5 Å². The number of aromatic nitrogens is 1. The SMILES string of the molecule is CCC(C)CCCCCCC(=O)NC(Cc1c[nH]c2ccccc12)C(=O)NC(CCC(=O)O)C(=O)NC(CC(=O)O)C(=O)NC1C(=O)NCC(=O)NC(CCCN)C(=O)NC(CC(=O)O)C(=O)NC(C)C(=O)NC(CC(=O)O)C(=O)NCC(=O)NC(CC(N)=O)C(=O)NC(CCC(=O)O)C(=O)NC(C(C)CC)C(=O)OC1C. The first-order valence-corrected chi connectivity index (χ1v) is 36.5. The number of carboxylic acid groups (broad SMARTS) is 5. The number of hydrogen-bond acceptors (Lipinski definition) is 22. The van der Waals surface area contributed by atoms with Crippen LogP contribution < -0.4 is 80.6 Å². The molecule has 42 nitrogen and oxygen atoms in total. The minimum absolute atomic E-state index is 0.00731. The number of fused-ring (bicyclic) bond motifs is 1. The Kier molecular flexibility index (Phi) is 40.4. The maximum absolute atomic E-state index is 14.7. The second kappa shape index (κ2) is 47.9. The van der Waals surface area contributed by atoms with E-state index in [-0.39, 0.29) is 38.6 Å². The summed E-state index contributed by atoms with van der Waals surface area (Å²) in [5, 5.41) is 78.4. The Hall–Kier alpha value is -11.9. The first kappa shape index (κ1) is 94.3. The van der Waals surface area contributed by atoms with E-state index in [0.717, 1.165) is 39.5 Å². The molecular formula is C70H104N16O26. The Balaban J connectivity index is 2.22. The number of benzene rings is 1. The summed E-state index contributed by atoms with van der Waals surface area (Å²) in [4.78, 5) is 272. The molecule has 112 heavy (non-hydrogen) atoms. The number of carboxylic acids is 5. The number of aliphatic carboxylic acids is 5. The summed E-state index contributed by atoms with van der Waals surface area (Å²) < 4.78 is 5.71. The monoisotopic (exact) mass is 1580 g/mol. The summed E-state index contributed by atoms with van der Waals surface area (Å²) in [6.45, 7) is 6.56. The average Bonchev–Trinajstić information content (AvgIpc) is 1.68. The summed E-state index contributed by atoms with van der Waals surface area (Å²) >= 11 is 0. The van der Waals surface area contributed by atoms with Crippen LogP contribution in [-0.4, -0.2) is 241 Å². The molecule has 1 saturated heterocycles. The number of rotatable bonds is 36. The van der Waals surface area contributed by atoms with Crippen LogP contribution in [0.4, 0.5) is 0 Å². The third-order valence-electron chi connectivity index (χ3n) is 18.0. The van der Waals surface area contributed by atoms with E-state index in [1.165, 1.54) is 13.8 Å². The Morgan fingerprint density at radius 2 is 1.06 bits per heavy atom. The number of aromatic amines is 1. The van der Waals surface area contributed by atoms with Crippen LogP contribution in [0, 0.1) is 11.8 Å². The van der Waals surface area contributed by atoms with E-state index in [9.17, 15) is 121 Å². The van der Waals surface area contributed by atoms with Gasteiger partial charge < -0.3 is 116 Å². The van der Waals surface area contributed by atoms with Crippen molar-refractivity contribution in [1.82, 2.24) is 74.1 Å². The Labute approximate surface area is 642 Å². The first-order valence-electron chi connectivity index (χ1n) is 36.5. The summed E-state index contributed by atoms with van der Waals surface area (Å²) in [6, 6.07) is -14.6. The van der Waals surface area contributed by atoms with E-state index in [0.29, 0.717) is 35.2 Å². The van der Waals surface area contributed by atoms with Gasteiger partial charge >= 0.3 is 35.8 Å². The van der Waals surface area contributed by atoms with Gasteiger partial charge in [-0.15, -0.1) is 0 Å². The molecular weight excluding hydrogens is 1480 g/mol. The summed E-state index contributed by atoms with van der Waals surface area (Å²) in [5.74, 6) is -28.2. The maximum Gasteiger partial charge on any atom is 0.329 e. The molecule has 14 amide bonds. The first-order chi connectivity index (χ1) is 52.8. The molecule has 1 aromatic carbocycles. The molecule has 0 bridgehead atoms. The standard InChI is InChI=1S/C70H104N16O26/c1-7-34(3)16-11-9-10-12-20-50(88)78-44(26-38-31-73-40-18-14-13-17-39(38)40)66(107)80-42(21-23-53(91)92)63(104)84-48(30-57(99)100)68(109)86-59-37(6)112-70(111)58(35(4)8-2)85-64(105)43(22-24-54(93)94)81-67(108)45(27-49(72)87)79-52(90)32-74-61(102)46(28-55(95)96)82-60(101)36(5)76-65(106)47(29-56(97)98)83-62(103)41(19-15-25-71)77-51(89)33-75-69(59)110/h13-14,17-18,31,34-37,41-48,58-59,73H,7-12,15-16,19-30,32-33,71H2,1-6H3,(H2,72,87)(H,74,102)(H,75,110)(H,76,106)(H,77,89)(H,78,88)(H,79,90)(H,80,107)(H,81,108)(H,82,101)(H,83,103)(H,84,104)(H,85,105)(H,86,109)(H,91,92)(H,93,94)(H,95,96)(H,97,98)(H,99,100). The lowest BCUT2D eigenvalue weighted by atomic mass is 9.98. The van der Waals surface area contributed by atoms with Crippen molar-refractivity contribution in [2.75, 3.05) is 19.6 Å². The molecule has 23 N–H and O–H groups in total. The Morgan fingerprint density at radius 3 is 1.66 bits per heavy atom. The normalized spacial score (nSPS) is 21.8. The predicted octanol–water partition coefficient (Wildman–Crippen LogP) is -4.56. The number of H-pyrrole nitrogens is 1. The minimum Gasteiger partial charge on any atom is -0.481 e. The third kappa shape index (κ3) is 33.9. The molecule has 3 rings (SSSR count). The largest absolute Gasteiger partial charge is 0.481 e. The number of carbonyl (C=O) groups is 20. The zero-order chi connectivity index (χ0) is 84.1. The van der Waals surface area contributed by atoms with Crippen LogP contribution >= 0.6 is 0 Å². The van der Waals surface area contributed by atoms with Gasteiger partial charge in [0.05, 0.1) is 38.8 Å². The van der Waals surface area contributed by atoms with Crippen LogP contribution in [0.15, 0.2) is 30.5 Å². The van der Waals surface area contributed by atoms with E-state index in [4.69, 9.17) is 16.2 Å². The topological polar surface area (TPSA) is 676 Å². The molecule has 2 aromatic rings. The minimum atomic E-state index is -2.33. The molecule has 1 aromatic heterocycles. The molecule has 0 radical (unpaired) electrons. The van der Waals surface area contributed by atoms with Crippen LogP contribution in [0.1, 0.15) is 163 Å². The highest BCUT2D eigenvalue weighted by Gasteiger charge is 2.40. The second-order valence-electron chi connectivity index (χ2n) is 27.1. The quantitative estimate of drug-likeness (QED) is 0.0226. The molecule has 620 valence electrons. The van der Waals surface area contributed by atoms with E-state index < -0.39 is 261 Å². The average molecular weight is 1590 g/mol. The van der Waals surface area contributed by atoms with Gasteiger partial charge in [-0.1, -0.05) is 84.4 Å². The molecule has 1 aliphatic rings. The molecule has 0 saturated carbocycles. The lowest BCUT2D eigenvalue weighted by Crippen LogP contribution is -2.61. The molecule has 1 aliphatic heterocycles. The molecule has 0 aliphatic carbocycles. The molecule has 42 heteroatoms. The number of hydrogen-bond donors (Lipinski definition) is 21. The number of esters is 1. The van der Waals surface area contributed by atoms with Gasteiger partial charge in [0.1, 0.15) is 72.6 Å². The van der Waals surface area contributed by atoms with Crippen LogP contribution in [0.25, 0.3) is 10.9 Å². The number of carbonyl (C=O) groups excluding carboxylic acids is 15. The number of nitrogens with one attached hydrogen (secondary N) is 14. The number of unbranched alkanes of at least 4 members (excludes halogenated alkanes) is 3. The second-order valence-corrected chi connectivity index (χ2v) is 27.1. The van der Waals surface area contributed by atoms with E-state index in [1.807, 2.05) is 10.6 Å². The highest BCUT2D eigenvalue weighted by Crippen LogP contribution is 2.21. The van der Waals surface area contributed by atoms with Crippen LogP contribution in [0.5, 0.6) is 0 Å². The van der Waals surface area contributed by atoms with Gasteiger partial charge in [0.25, 0.3) is 0 Å². The van der Waals surface area contributed by atoms with Gasteiger partial charge in [-0.2, -0.15) is 0 Å². The fraction of sp³-hybridized carbons (Fsp3) is 0.600. The lowest BCUT2D eigenvalue weighted by molar-refractivity contribution is -0.157. The lowest BCUT2D eigenvalue weighted by Gasteiger charge is -2.30. The van der Waals surface area contributed by atoms with Crippen molar-refractivity contribution in [1.29, 1.82) is 0 Å². The van der Waals surface area contributed by atoms with Crippen molar-refractivity contribution < 1.29 is 126 Å². The van der Waals surface area contributed by atoms with Gasteiger partial charge in [0.15, 0.2) is 0 Å². The van der Waals surface area contributed by atoms with Crippen LogP contribution in [0.3, 0.4) is 0 Å². The van der Waals surface area contributed by atoms with Crippen molar-refractivity contribution in [3.05, 3.63) is 36.0 Å². The summed E-state index contributed by atoms with van der Waals surface area (Å²) in [5.41, 5.74) is 12.3. The zero-order valence-corrected chi connectivity index (χ0v) is 63.0. The number of cyclic esters (lactones) is 1. The van der Waals surface area contributed by atoms with Crippen molar-refractivity contribution >= 4 is 129 Å². The molecule has 0 spiro atoms. The number of amides is 14. The van der Waals surface area contributed by atoms with Crippen molar-refractivity contribution in [3.8, 4) is 0 Å². The van der Waals surface area contributed by atoms with Crippen LogP contribution in [-0.2, 0) is 107 Å². The zero-order valence-electron chi connectivity index (χ0n) is 63.0. The summed E-state index contributed by atoms with van der Waals surface area (Å²) in [6.07, 6.45) is -4.17. The fourth-order valence-electron chi connectivity index (χ4n) is 11.3. The Bertz CT molecular complexity index is 3720. The predicted molar refractivity (Wildman–Crippen MR) is 390 cm³/mol. The number of para-hydroxylation sites is 1. The van der Waals surface area contributed by atoms with Gasteiger partial charge in [-0.05, 0) is 76.0 Å². The van der Waals surface area contributed by atoms with Gasteiger partial charge in [-0.3, -0.25) is 91.1 Å². The maximum atomic E-state index is 14.7. The number of nitrogens with two attached hydrogens (primary N) is 2.